The molecule has 4 heterocycles. The second-order valence-electron chi connectivity index (χ2n) is 11.3. The van der Waals surface area contributed by atoms with Crippen LogP contribution in [0.5, 0.6) is 5.75 Å². The van der Waals surface area contributed by atoms with Gasteiger partial charge in [0.1, 0.15) is 17.9 Å². The zero-order valence-electron chi connectivity index (χ0n) is 23.0. The number of fused-ring (bicyclic) bond motifs is 11. The zero-order chi connectivity index (χ0) is 26.7. The van der Waals surface area contributed by atoms with Crippen LogP contribution >= 0.6 is 0 Å². The van der Waals surface area contributed by atoms with Crippen molar-refractivity contribution in [2.45, 2.75) is 44.7 Å². The summed E-state index contributed by atoms with van der Waals surface area (Å²) in [7, 11) is 2.16. The molecule has 2 unspecified atom stereocenters. The molecule has 2 aliphatic rings. The molecule has 4 nitrogen and oxygen atoms in total. The van der Waals surface area contributed by atoms with Crippen molar-refractivity contribution in [1.82, 2.24) is 4.57 Å². The van der Waals surface area contributed by atoms with Gasteiger partial charge in [0, 0.05) is 23.3 Å². The van der Waals surface area contributed by atoms with Crippen molar-refractivity contribution in [2.24, 2.45) is 7.05 Å². The van der Waals surface area contributed by atoms with Gasteiger partial charge >= 0.3 is 0 Å². The number of hydrogen-bond acceptors (Lipinski definition) is 1. The molecule has 0 saturated heterocycles. The zero-order valence-corrected chi connectivity index (χ0v) is 23.0. The van der Waals surface area contributed by atoms with Crippen molar-refractivity contribution in [3.05, 3.63) is 114 Å². The summed E-state index contributed by atoms with van der Waals surface area (Å²) in [5.41, 5.74) is 10.1. The molecule has 2 aromatic heterocycles. The number of para-hydroxylation sites is 3. The van der Waals surface area contributed by atoms with E-state index in [0.717, 1.165) is 30.1 Å². The molecule has 2 aliphatic heterocycles. The van der Waals surface area contributed by atoms with E-state index < -0.39 is 0 Å². The molecular weight excluding hydrogens is 478 g/mol. The summed E-state index contributed by atoms with van der Waals surface area (Å²) in [6.45, 7) is 10.7. The lowest BCUT2D eigenvalue weighted by Crippen LogP contribution is -2.51. The van der Waals surface area contributed by atoms with E-state index in [0.29, 0.717) is 12.5 Å². The normalized spacial score (nSPS) is 18.3. The monoisotopic (exact) mass is 513 g/mol. The summed E-state index contributed by atoms with van der Waals surface area (Å²) < 4.78 is 13.8. The predicted octanol–water partition coefficient (Wildman–Crippen LogP) is 6.89. The Morgan fingerprint density at radius 1 is 0.923 bits per heavy atom. The maximum atomic E-state index is 6.60. The van der Waals surface area contributed by atoms with E-state index in [1.807, 2.05) is 0 Å². The summed E-state index contributed by atoms with van der Waals surface area (Å²) >= 11 is 0. The maximum absolute atomic E-state index is 6.60. The first-order valence-corrected chi connectivity index (χ1v) is 14.0. The summed E-state index contributed by atoms with van der Waals surface area (Å²) in [6.07, 6.45) is 3.21. The van der Waals surface area contributed by atoms with Gasteiger partial charge in [-0.15, -0.1) is 0 Å². The van der Waals surface area contributed by atoms with E-state index in [1.54, 1.807) is 0 Å². The fourth-order valence-corrected chi connectivity index (χ4v) is 6.80. The number of aryl methyl sites for hydroxylation is 1. The van der Waals surface area contributed by atoms with Gasteiger partial charge in [-0.2, -0.15) is 4.57 Å². The van der Waals surface area contributed by atoms with E-state index in [4.69, 9.17) is 11.3 Å². The molecule has 0 spiro atoms. The van der Waals surface area contributed by atoms with Gasteiger partial charge < -0.3 is 4.74 Å². The molecule has 7 rings (SSSR count). The van der Waals surface area contributed by atoms with E-state index >= 15 is 0 Å². The summed E-state index contributed by atoms with van der Waals surface area (Å²) in [5.74, 6) is 2.81. The molecule has 2 atom stereocenters. The highest BCUT2D eigenvalue weighted by molar-refractivity contribution is 5.77. The Bertz CT molecular complexity index is 1740. The van der Waals surface area contributed by atoms with E-state index in [-0.39, 0.29) is 12.0 Å². The van der Waals surface area contributed by atoms with Crippen LogP contribution in [0.15, 0.2) is 103 Å². The van der Waals surface area contributed by atoms with Crippen LogP contribution in [0.1, 0.15) is 49.3 Å². The summed E-state index contributed by atoms with van der Waals surface area (Å²) in [5, 5.41) is 0. The molecule has 194 valence electrons. The van der Waals surface area contributed by atoms with Gasteiger partial charge in [0.2, 0.25) is 5.69 Å². The van der Waals surface area contributed by atoms with Gasteiger partial charge in [-0.05, 0) is 53.8 Å². The first-order valence-electron chi connectivity index (χ1n) is 14.0. The Labute approximate surface area is 230 Å². The number of ether oxygens (including phenoxy) is 1. The van der Waals surface area contributed by atoms with E-state index in [2.05, 4.69) is 126 Å². The van der Waals surface area contributed by atoms with Crippen molar-refractivity contribution in [2.75, 3.05) is 6.61 Å². The minimum atomic E-state index is 0.125. The van der Waals surface area contributed by atoms with Gasteiger partial charge in [0.15, 0.2) is 23.3 Å². The Hall–Kier alpha value is -4.18. The number of rotatable bonds is 1. The molecule has 0 saturated carbocycles. The van der Waals surface area contributed by atoms with Crippen LogP contribution in [0.4, 0.5) is 0 Å². The molecule has 39 heavy (non-hydrogen) atoms. The highest BCUT2D eigenvalue weighted by Crippen LogP contribution is 2.44. The predicted molar refractivity (Wildman–Crippen MR) is 156 cm³/mol. The van der Waals surface area contributed by atoms with Gasteiger partial charge in [0.05, 0.1) is 19.6 Å². The number of hydrogen-bond donors (Lipinski definition) is 0. The molecular formula is C35H35N3O+2. The molecule has 3 aromatic carbocycles. The van der Waals surface area contributed by atoms with Crippen LogP contribution < -0.4 is 13.9 Å². The van der Waals surface area contributed by atoms with Gasteiger partial charge in [-0.1, -0.05) is 62.9 Å². The topological polar surface area (TPSA) is 21.9 Å². The van der Waals surface area contributed by atoms with Crippen LogP contribution in [0, 0.1) is 0 Å². The van der Waals surface area contributed by atoms with E-state index in [1.165, 1.54) is 39.0 Å². The molecule has 0 amide bonds. The number of pyridine rings is 1. The first-order chi connectivity index (χ1) is 19.0. The molecule has 5 aromatic rings. The van der Waals surface area contributed by atoms with Gasteiger partial charge in [-0.25, -0.2) is 9.13 Å². The average Bonchev–Trinajstić information content (AvgIpc) is 3.22. The number of benzene rings is 3. The fraction of sp³-hybridized carbons (Fsp3) is 0.257. The Balaban J connectivity index is 1.46. The van der Waals surface area contributed by atoms with Crippen LogP contribution in [0.3, 0.4) is 0 Å². The molecule has 0 bridgehead atoms. The Morgan fingerprint density at radius 2 is 1.67 bits per heavy atom. The Kier molecular flexibility index (Phi) is 5.66. The molecule has 0 radical (unpaired) electrons. The van der Waals surface area contributed by atoms with Crippen molar-refractivity contribution in [3.8, 4) is 28.4 Å². The van der Waals surface area contributed by atoms with Crippen LogP contribution in [0.25, 0.3) is 33.7 Å². The Morgan fingerprint density at radius 3 is 2.51 bits per heavy atom. The van der Waals surface area contributed by atoms with Crippen LogP contribution in [-0.4, -0.2) is 11.2 Å². The molecule has 0 fully saturated rings. The third kappa shape index (κ3) is 3.73. The van der Waals surface area contributed by atoms with E-state index in [9.17, 15) is 0 Å². The van der Waals surface area contributed by atoms with Crippen molar-refractivity contribution >= 4 is 11.0 Å². The second kappa shape index (κ2) is 9.23. The van der Waals surface area contributed by atoms with Crippen molar-refractivity contribution in [1.29, 1.82) is 0 Å². The highest BCUT2D eigenvalue weighted by Gasteiger charge is 2.43. The highest BCUT2D eigenvalue weighted by atomic mass is 16.5. The van der Waals surface area contributed by atoms with Gasteiger partial charge in [-0.3, -0.25) is 0 Å². The number of imidazole rings is 1. The molecule has 0 N–H and O–H groups in total. The fourth-order valence-electron chi connectivity index (χ4n) is 6.80. The first kappa shape index (κ1) is 23.9. The minimum Gasteiger partial charge on any atom is -0.493 e. The van der Waals surface area contributed by atoms with Crippen molar-refractivity contribution < 1.29 is 13.9 Å². The summed E-state index contributed by atoms with van der Waals surface area (Å²) in [6, 6.07) is 30.9. The summed E-state index contributed by atoms with van der Waals surface area (Å²) in [4.78, 5) is 0. The minimum absolute atomic E-state index is 0.125. The largest absolute Gasteiger partial charge is 0.493 e. The number of nitrogens with zero attached hydrogens (tertiary/aromatic N) is 3. The molecule has 4 heteroatoms. The van der Waals surface area contributed by atoms with Gasteiger partial charge in [0.25, 0.3) is 5.82 Å². The molecule has 0 aliphatic carbocycles. The number of allylic oxidation sites excluding steroid dienone is 1. The lowest BCUT2D eigenvalue weighted by atomic mass is 9.78. The SMILES string of the molecule is C=C1C[n+]2c(n(C)c3ccccc32)-c2ccccc2OCCC2c3ccccc3-c3cc(C(C)C)cc[n+]3C12. The van der Waals surface area contributed by atoms with Crippen LogP contribution in [-0.2, 0) is 13.6 Å². The van der Waals surface area contributed by atoms with Crippen molar-refractivity contribution in [3.63, 3.8) is 0 Å². The second-order valence-corrected chi connectivity index (χ2v) is 11.3. The standard InChI is InChI=1S/C35H35N3O/c1-23(2)25-17-19-37-32(21-25)27-12-6-5-11-26(27)28-18-20-39-33-16-10-7-13-29(33)35-36(4)30-14-8-9-15-31(30)38(35)22-24(3)34(28)37/h5-17,19,21,23,28,34H,3,18,20,22H2,1-2,4H3/q+2. The number of aromatic nitrogens is 3. The third-order valence-corrected chi connectivity index (χ3v) is 8.69. The smallest absolute Gasteiger partial charge is 0.293 e. The lowest BCUT2D eigenvalue weighted by molar-refractivity contribution is -0.718. The quantitative estimate of drug-likeness (QED) is 0.177. The average molecular weight is 514 g/mol. The lowest BCUT2D eigenvalue weighted by Gasteiger charge is -2.31. The third-order valence-electron chi connectivity index (χ3n) is 8.69. The van der Waals surface area contributed by atoms with Crippen LogP contribution in [0.2, 0.25) is 0 Å². The maximum Gasteiger partial charge on any atom is 0.293 e.